The molecule has 126 valence electrons. The number of hydrogen-bond donors (Lipinski definition) is 0. The van der Waals surface area contributed by atoms with Crippen molar-refractivity contribution in [1.82, 2.24) is 0 Å². The molecule has 0 saturated carbocycles. The first kappa shape index (κ1) is 21.0. The van der Waals surface area contributed by atoms with Crippen molar-refractivity contribution in [2.24, 2.45) is 0 Å². The lowest BCUT2D eigenvalue weighted by Crippen LogP contribution is -2.01. The zero-order valence-electron chi connectivity index (χ0n) is 13.9. The van der Waals surface area contributed by atoms with Gasteiger partial charge < -0.3 is 4.74 Å². The van der Waals surface area contributed by atoms with Crippen LogP contribution in [-0.2, 0) is 9.53 Å². The summed E-state index contributed by atoms with van der Waals surface area (Å²) >= 11 is 5.30. The SMILES string of the molecule is CCCCC/C=C\C/C=C\C/C=C\CCCCC(=O)OCCl. The minimum atomic E-state index is -0.204. The second kappa shape index (κ2) is 18.0. The van der Waals surface area contributed by atoms with Crippen molar-refractivity contribution < 1.29 is 9.53 Å². The second-order valence-corrected chi connectivity index (χ2v) is 5.47. The van der Waals surface area contributed by atoms with Crippen molar-refractivity contribution in [3.63, 3.8) is 0 Å². The molecular weight excluding hydrogens is 296 g/mol. The third-order valence-corrected chi connectivity index (χ3v) is 3.35. The Morgan fingerprint density at radius 3 is 1.95 bits per heavy atom. The summed E-state index contributed by atoms with van der Waals surface area (Å²) in [5.41, 5.74) is 0. The highest BCUT2D eigenvalue weighted by molar-refractivity contribution is 6.17. The van der Waals surface area contributed by atoms with Gasteiger partial charge in [-0.2, -0.15) is 0 Å². The quantitative estimate of drug-likeness (QED) is 0.162. The second-order valence-electron chi connectivity index (χ2n) is 5.25. The number of ether oxygens (including phenoxy) is 1. The number of unbranched alkanes of at least 4 members (excludes halogenated alkanes) is 5. The van der Waals surface area contributed by atoms with Crippen molar-refractivity contribution in [3.8, 4) is 0 Å². The average Bonchev–Trinajstić information content (AvgIpc) is 2.51. The lowest BCUT2D eigenvalue weighted by atomic mass is 10.2. The molecule has 0 aromatic heterocycles. The topological polar surface area (TPSA) is 26.3 Å². The summed E-state index contributed by atoms with van der Waals surface area (Å²) in [5, 5.41) is 0. The van der Waals surface area contributed by atoms with Crippen LogP contribution in [0.25, 0.3) is 0 Å². The Balaban J connectivity index is 3.35. The van der Waals surface area contributed by atoms with Crippen LogP contribution in [0.5, 0.6) is 0 Å². The van der Waals surface area contributed by atoms with E-state index in [2.05, 4.69) is 48.1 Å². The van der Waals surface area contributed by atoms with E-state index in [1.165, 1.54) is 25.7 Å². The zero-order valence-corrected chi connectivity index (χ0v) is 14.7. The van der Waals surface area contributed by atoms with E-state index in [-0.39, 0.29) is 12.0 Å². The Morgan fingerprint density at radius 1 is 0.864 bits per heavy atom. The molecule has 0 radical (unpaired) electrons. The zero-order chi connectivity index (χ0) is 16.3. The van der Waals surface area contributed by atoms with Crippen molar-refractivity contribution in [2.45, 2.75) is 71.1 Å². The van der Waals surface area contributed by atoms with Crippen molar-refractivity contribution in [1.29, 1.82) is 0 Å². The molecule has 0 rings (SSSR count). The molecule has 0 aliphatic carbocycles. The van der Waals surface area contributed by atoms with Crippen LogP contribution in [-0.4, -0.2) is 12.0 Å². The van der Waals surface area contributed by atoms with Crippen molar-refractivity contribution in [2.75, 3.05) is 6.07 Å². The molecule has 0 heterocycles. The normalized spacial score (nSPS) is 11.9. The van der Waals surface area contributed by atoms with Gasteiger partial charge >= 0.3 is 5.97 Å². The molecule has 0 N–H and O–H groups in total. The lowest BCUT2D eigenvalue weighted by Gasteiger charge is -1.98. The predicted molar refractivity (Wildman–Crippen MR) is 96.1 cm³/mol. The lowest BCUT2D eigenvalue weighted by molar-refractivity contribution is -0.141. The van der Waals surface area contributed by atoms with Gasteiger partial charge in [-0.05, 0) is 44.9 Å². The van der Waals surface area contributed by atoms with Crippen molar-refractivity contribution >= 4 is 17.6 Å². The number of carbonyl (C=O) groups excluding carboxylic acids is 1. The first-order chi connectivity index (χ1) is 10.8. The van der Waals surface area contributed by atoms with E-state index in [0.717, 1.165) is 32.1 Å². The summed E-state index contributed by atoms with van der Waals surface area (Å²) in [6.45, 7) is 2.23. The highest BCUT2D eigenvalue weighted by Crippen LogP contribution is 2.04. The van der Waals surface area contributed by atoms with Gasteiger partial charge in [-0.15, -0.1) is 0 Å². The number of carbonyl (C=O) groups is 1. The van der Waals surface area contributed by atoms with E-state index in [1.807, 2.05) is 0 Å². The Bertz CT molecular complexity index is 332. The molecule has 0 spiro atoms. The number of rotatable bonds is 14. The first-order valence-corrected chi connectivity index (χ1v) is 9.01. The van der Waals surface area contributed by atoms with Gasteiger partial charge in [0, 0.05) is 6.42 Å². The van der Waals surface area contributed by atoms with E-state index >= 15 is 0 Å². The van der Waals surface area contributed by atoms with Crippen LogP contribution in [0.4, 0.5) is 0 Å². The fourth-order valence-corrected chi connectivity index (χ4v) is 2.08. The predicted octanol–water partition coefficient (Wildman–Crippen LogP) is 6.32. The van der Waals surface area contributed by atoms with Crippen LogP contribution in [0, 0.1) is 0 Å². The van der Waals surface area contributed by atoms with Gasteiger partial charge in [-0.1, -0.05) is 67.8 Å². The van der Waals surface area contributed by atoms with Crippen LogP contribution in [0.2, 0.25) is 0 Å². The summed E-state index contributed by atoms with van der Waals surface area (Å²) in [5.74, 6) is -0.204. The minimum Gasteiger partial charge on any atom is -0.449 e. The summed E-state index contributed by atoms with van der Waals surface area (Å²) < 4.78 is 4.65. The van der Waals surface area contributed by atoms with Crippen molar-refractivity contribution in [3.05, 3.63) is 36.5 Å². The third kappa shape index (κ3) is 17.0. The number of halogens is 1. The minimum absolute atomic E-state index is 0.0427. The number of alkyl halides is 1. The molecule has 0 fully saturated rings. The monoisotopic (exact) mass is 326 g/mol. The van der Waals surface area contributed by atoms with Gasteiger partial charge in [-0.25, -0.2) is 0 Å². The number of esters is 1. The van der Waals surface area contributed by atoms with Gasteiger partial charge in [0.25, 0.3) is 0 Å². The largest absolute Gasteiger partial charge is 0.449 e. The van der Waals surface area contributed by atoms with E-state index in [9.17, 15) is 4.79 Å². The van der Waals surface area contributed by atoms with Gasteiger partial charge in [0.1, 0.15) is 0 Å². The van der Waals surface area contributed by atoms with Gasteiger partial charge in [-0.3, -0.25) is 4.79 Å². The molecule has 2 nitrogen and oxygen atoms in total. The molecule has 0 unspecified atom stereocenters. The first-order valence-electron chi connectivity index (χ1n) is 8.47. The third-order valence-electron chi connectivity index (χ3n) is 3.24. The van der Waals surface area contributed by atoms with E-state index in [1.54, 1.807) is 0 Å². The maximum absolute atomic E-state index is 11.0. The van der Waals surface area contributed by atoms with Gasteiger partial charge in [0.15, 0.2) is 6.07 Å². The molecule has 0 aliphatic heterocycles. The maximum atomic E-state index is 11.0. The van der Waals surface area contributed by atoms with Crippen LogP contribution >= 0.6 is 11.6 Å². The summed E-state index contributed by atoms with van der Waals surface area (Å²) in [6.07, 6.45) is 23.8. The molecule has 0 atom stereocenters. The van der Waals surface area contributed by atoms with Crippen LogP contribution < -0.4 is 0 Å². The smallest absolute Gasteiger partial charge is 0.306 e. The molecule has 0 aromatic rings. The molecule has 0 aliphatic rings. The Hall–Kier alpha value is -1.02. The fraction of sp³-hybridized carbons (Fsp3) is 0.632. The van der Waals surface area contributed by atoms with Crippen LogP contribution in [0.3, 0.4) is 0 Å². The van der Waals surface area contributed by atoms with Gasteiger partial charge in [0.05, 0.1) is 0 Å². The molecular formula is C19H31ClO2. The van der Waals surface area contributed by atoms with E-state index in [4.69, 9.17) is 11.6 Å². The summed E-state index contributed by atoms with van der Waals surface area (Å²) in [7, 11) is 0. The Labute approximate surface area is 141 Å². The summed E-state index contributed by atoms with van der Waals surface area (Å²) in [4.78, 5) is 11.0. The Kier molecular flexibility index (Phi) is 17.2. The highest BCUT2D eigenvalue weighted by Gasteiger charge is 1.99. The maximum Gasteiger partial charge on any atom is 0.306 e. The van der Waals surface area contributed by atoms with E-state index in [0.29, 0.717) is 6.42 Å². The summed E-state index contributed by atoms with van der Waals surface area (Å²) in [6, 6.07) is -0.0427. The molecule has 3 heteroatoms. The standard InChI is InChI=1S/C19H31ClO2/c1-2-3-4-5-6-7-8-9-10-11-12-13-14-15-16-17-19(21)22-18-20/h6-7,9-10,12-13H,2-5,8,11,14-18H2,1H3/b7-6-,10-9-,13-12-. The van der Waals surface area contributed by atoms with E-state index < -0.39 is 0 Å². The number of hydrogen-bond acceptors (Lipinski definition) is 2. The van der Waals surface area contributed by atoms with Crippen LogP contribution in [0.1, 0.15) is 71.1 Å². The van der Waals surface area contributed by atoms with Crippen LogP contribution in [0.15, 0.2) is 36.5 Å². The molecule has 22 heavy (non-hydrogen) atoms. The number of allylic oxidation sites excluding steroid dienone is 6. The average molecular weight is 327 g/mol. The molecule has 0 saturated heterocycles. The fourth-order valence-electron chi connectivity index (χ4n) is 1.95. The molecule has 0 bridgehead atoms. The highest BCUT2D eigenvalue weighted by atomic mass is 35.5. The van der Waals surface area contributed by atoms with Gasteiger partial charge in [0.2, 0.25) is 0 Å². The molecule has 0 amide bonds. The Morgan fingerprint density at radius 2 is 1.41 bits per heavy atom. The molecule has 0 aromatic carbocycles.